The molecule has 0 heterocycles. The van der Waals surface area contributed by atoms with Gasteiger partial charge in [-0.2, -0.15) is 13.2 Å². The van der Waals surface area contributed by atoms with Gasteiger partial charge >= 0.3 is 6.18 Å². The highest BCUT2D eigenvalue weighted by atomic mass is 32.5. The van der Waals surface area contributed by atoms with Crippen molar-refractivity contribution in [2.45, 2.75) is 18.0 Å². The Kier molecular flexibility index (Phi) is 6.17. The molecule has 2 nitrogen and oxygen atoms in total. The molecule has 0 saturated carbocycles. The molecule has 1 atom stereocenters. The van der Waals surface area contributed by atoms with Crippen molar-refractivity contribution in [3.05, 3.63) is 24.3 Å². The average Bonchev–Trinajstić information content (AvgIpc) is 2.26. The van der Waals surface area contributed by atoms with Crippen LogP contribution in [0.4, 0.5) is 13.2 Å². The Morgan fingerprint density at radius 3 is 2.32 bits per heavy atom. The zero-order chi connectivity index (χ0) is 14.5. The Morgan fingerprint density at radius 2 is 1.84 bits per heavy atom. The van der Waals surface area contributed by atoms with E-state index in [0.717, 1.165) is 11.8 Å². The largest absolute Gasteiger partial charge is 0.444 e. The van der Waals surface area contributed by atoms with E-state index in [2.05, 4.69) is 0 Å². The third-order valence-electron chi connectivity index (χ3n) is 1.86. The van der Waals surface area contributed by atoms with Gasteiger partial charge in [-0.25, -0.2) is 0 Å². The van der Waals surface area contributed by atoms with E-state index in [1.165, 1.54) is 0 Å². The molecule has 108 valence electrons. The number of alkyl halides is 3. The summed E-state index contributed by atoms with van der Waals surface area (Å²) in [5.74, 6) is -0.395. The van der Waals surface area contributed by atoms with Crippen LogP contribution in [0, 0.1) is 0 Å². The molecule has 0 spiro atoms. The minimum absolute atomic E-state index is 0.466. The van der Waals surface area contributed by atoms with Crippen LogP contribution in [-0.4, -0.2) is 25.2 Å². The van der Waals surface area contributed by atoms with Gasteiger partial charge in [-0.05, 0) is 43.0 Å². The van der Waals surface area contributed by atoms with E-state index in [4.69, 9.17) is 20.9 Å². The lowest BCUT2D eigenvalue weighted by molar-refractivity contribution is -0.105. The van der Waals surface area contributed by atoms with Gasteiger partial charge in [0.1, 0.15) is 5.75 Å². The Labute approximate surface area is 119 Å². The van der Waals surface area contributed by atoms with E-state index < -0.39 is 18.4 Å². The molecule has 0 radical (unpaired) electrons. The molecule has 1 aromatic carbocycles. The third-order valence-corrected chi connectivity index (χ3v) is 4.75. The zero-order valence-electron chi connectivity index (χ0n) is 10.4. The molecule has 0 bridgehead atoms. The molecule has 1 unspecified atom stereocenters. The maximum atomic E-state index is 12.1. The van der Waals surface area contributed by atoms with Gasteiger partial charge in [-0.1, -0.05) is 0 Å². The highest BCUT2D eigenvalue weighted by Gasteiger charge is 2.27. The van der Waals surface area contributed by atoms with Crippen LogP contribution in [0.5, 0.6) is 5.75 Å². The summed E-state index contributed by atoms with van der Waals surface area (Å²) in [5.41, 5.74) is 0. The predicted molar refractivity (Wildman–Crippen MR) is 75.7 cm³/mol. The van der Waals surface area contributed by atoms with E-state index in [1.807, 2.05) is 6.92 Å². The number of hydrogen-bond acceptors (Lipinski definition) is 4. The van der Waals surface area contributed by atoms with E-state index >= 15 is 0 Å². The molecule has 0 aliphatic heterocycles. The summed E-state index contributed by atoms with van der Waals surface area (Å²) < 4.78 is 47.0. The Bertz CT molecular complexity index is 448. The van der Waals surface area contributed by atoms with Crippen LogP contribution in [0.1, 0.15) is 6.92 Å². The number of thioether (sulfide) groups is 1. The van der Waals surface area contributed by atoms with Gasteiger partial charge in [0.2, 0.25) is 6.49 Å². The summed E-state index contributed by atoms with van der Waals surface area (Å²) in [6, 6.07) is 6.35. The number of hydrogen-bond donors (Lipinski definition) is 0. The van der Waals surface area contributed by atoms with Crippen molar-refractivity contribution < 1.29 is 22.2 Å². The van der Waals surface area contributed by atoms with Crippen LogP contribution in [-0.2, 0) is 16.3 Å². The van der Waals surface area contributed by atoms with Crippen molar-refractivity contribution in [2.75, 3.05) is 19.0 Å². The molecule has 0 fully saturated rings. The van der Waals surface area contributed by atoms with Gasteiger partial charge in [0, 0.05) is 11.6 Å². The highest BCUT2D eigenvalue weighted by Crippen LogP contribution is 2.44. The molecule has 8 heteroatoms. The normalized spacial score (nSPS) is 15.0. The average molecular weight is 330 g/mol. The van der Waals surface area contributed by atoms with Crippen LogP contribution in [0.25, 0.3) is 0 Å². The first-order valence-corrected chi connectivity index (χ1v) is 9.50. The summed E-state index contributed by atoms with van der Waals surface area (Å²) in [5, 5.41) is 0. The minimum Gasteiger partial charge on any atom is -0.444 e. The van der Waals surface area contributed by atoms with Gasteiger partial charge in [-0.3, -0.25) is 0 Å². The second-order valence-corrected chi connectivity index (χ2v) is 8.68. The molecule has 0 amide bonds. The first-order chi connectivity index (χ1) is 8.72. The van der Waals surface area contributed by atoms with E-state index in [9.17, 15) is 13.2 Å². The lowest BCUT2D eigenvalue weighted by Crippen LogP contribution is -2.10. The molecule has 0 N–H and O–H groups in total. The lowest BCUT2D eigenvalue weighted by atomic mass is 10.3. The third kappa shape index (κ3) is 7.20. The van der Waals surface area contributed by atoms with Crippen molar-refractivity contribution in [3.63, 3.8) is 0 Å². The maximum absolute atomic E-state index is 12.1. The molecule has 19 heavy (non-hydrogen) atoms. The van der Waals surface area contributed by atoms with Crippen LogP contribution >= 0.6 is 18.3 Å². The molecule has 1 aromatic rings. The zero-order valence-corrected chi connectivity index (χ0v) is 13.0. The fourth-order valence-corrected chi connectivity index (χ4v) is 3.47. The molecular formula is C11H14F3O2PS2. The van der Waals surface area contributed by atoms with Crippen molar-refractivity contribution in [2.24, 2.45) is 0 Å². The molecule has 1 rings (SSSR count). The molecule has 0 saturated heterocycles. The fraction of sp³-hybridized carbons (Fsp3) is 0.455. The number of halogens is 3. The first-order valence-electron chi connectivity index (χ1n) is 5.43. The van der Waals surface area contributed by atoms with Gasteiger partial charge in [-0.15, -0.1) is 11.8 Å². The second kappa shape index (κ2) is 6.97. The van der Waals surface area contributed by atoms with Gasteiger partial charge in [0.05, 0.1) is 12.4 Å². The molecule has 0 aromatic heterocycles. The van der Waals surface area contributed by atoms with Gasteiger partial charge < -0.3 is 9.05 Å². The fourth-order valence-electron chi connectivity index (χ4n) is 1.21. The Balaban J connectivity index is 2.59. The summed E-state index contributed by atoms with van der Waals surface area (Å²) in [6.07, 6.45) is -4.17. The minimum atomic E-state index is -4.17. The van der Waals surface area contributed by atoms with Crippen LogP contribution in [0.15, 0.2) is 29.2 Å². The summed E-state index contributed by atoms with van der Waals surface area (Å²) in [7, 11) is 0. The first kappa shape index (κ1) is 16.8. The van der Waals surface area contributed by atoms with E-state index in [0.29, 0.717) is 17.3 Å². The van der Waals surface area contributed by atoms with Crippen molar-refractivity contribution in [3.8, 4) is 5.75 Å². The van der Waals surface area contributed by atoms with Crippen molar-refractivity contribution in [1.82, 2.24) is 0 Å². The second-order valence-electron chi connectivity index (χ2n) is 3.66. The van der Waals surface area contributed by atoms with E-state index in [-0.39, 0.29) is 0 Å². The monoisotopic (exact) mass is 330 g/mol. The quantitative estimate of drug-likeness (QED) is 0.556. The van der Waals surface area contributed by atoms with Crippen LogP contribution < -0.4 is 4.52 Å². The summed E-state index contributed by atoms with van der Waals surface area (Å²) in [4.78, 5) is 0.533. The van der Waals surface area contributed by atoms with Gasteiger partial charge in [0.15, 0.2) is 0 Å². The van der Waals surface area contributed by atoms with Gasteiger partial charge in [0.25, 0.3) is 0 Å². The Hall–Kier alpha value is -0.230. The van der Waals surface area contributed by atoms with Crippen LogP contribution in [0.3, 0.4) is 0 Å². The van der Waals surface area contributed by atoms with E-state index in [1.54, 1.807) is 30.9 Å². The topological polar surface area (TPSA) is 18.5 Å². The lowest BCUT2D eigenvalue weighted by Gasteiger charge is -2.18. The van der Waals surface area contributed by atoms with Crippen molar-refractivity contribution in [1.29, 1.82) is 0 Å². The SMILES string of the molecule is CCOP(C)(=S)Oc1ccc(SCC(F)(F)F)cc1. The predicted octanol–water partition coefficient (Wildman–Crippen LogP) is 4.70. The van der Waals surface area contributed by atoms with Crippen molar-refractivity contribution >= 4 is 30.1 Å². The molecule has 0 aliphatic rings. The maximum Gasteiger partial charge on any atom is 0.398 e. The summed E-state index contributed by atoms with van der Waals surface area (Å²) >= 11 is 5.91. The Morgan fingerprint density at radius 1 is 1.26 bits per heavy atom. The smallest absolute Gasteiger partial charge is 0.398 e. The molecule has 0 aliphatic carbocycles. The number of benzene rings is 1. The standard InChI is InChI=1S/C11H14F3O2PS2/c1-3-15-17(2,18)16-9-4-6-10(7-5-9)19-8-11(12,13)14/h4-7H,3,8H2,1-2H3. The molecular weight excluding hydrogens is 316 g/mol. The van der Waals surface area contributed by atoms with Crippen LogP contribution in [0.2, 0.25) is 0 Å². The summed E-state index contributed by atoms with van der Waals surface area (Å²) in [6.45, 7) is 1.67. The highest BCUT2D eigenvalue weighted by molar-refractivity contribution is 8.09. The number of rotatable bonds is 6.